The molecule has 0 unspecified atom stereocenters. The Kier molecular flexibility index (Phi) is 5.35. The number of aromatic nitrogens is 7. The molecule has 0 amide bonds. The lowest BCUT2D eigenvalue weighted by molar-refractivity contribution is 0.122. The predicted octanol–water partition coefficient (Wildman–Crippen LogP) is 2.66. The smallest absolute Gasteiger partial charge is 0.272 e. The molecule has 34 heavy (non-hydrogen) atoms. The van der Waals surface area contributed by atoms with Crippen LogP contribution in [0.15, 0.2) is 45.7 Å². The number of benzene rings is 1. The van der Waals surface area contributed by atoms with Crippen molar-refractivity contribution in [3.63, 3.8) is 0 Å². The zero-order valence-electron chi connectivity index (χ0n) is 18.7. The molecule has 1 aliphatic rings. The van der Waals surface area contributed by atoms with E-state index in [1.807, 2.05) is 15.8 Å². The normalized spacial score (nSPS) is 14.5. The monoisotopic (exact) mass is 494 g/mol. The van der Waals surface area contributed by atoms with Gasteiger partial charge in [0.2, 0.25) is 11.7 Å². The van der Waals surface area contributed by atoms with Crippen LogP contribution in [0, 0.1) is 6.92 Å². The first-order valence-electron chi connectivity index (χ1n) is 10.9. The van der Waals surface area contributed by atoms with Crippen LogP contribution in [0.2, 0.25) is 0 Å². The van der Waals surface area contributed by atoms with Gasteiger partial charge in [-0.2, -0.15) is 0 Å². The number of morpholine rings is 1. The molecule has 0 N–H and O–H groups in total. The highest BCUT2D eigenvalue weighted by Gasteiger charge is 2.23. The Bertz CT molecular complexity index is 1540. The molecular weight excluding hydrogens is 472 g/mol. The van der Waals surface area contributed by atoms with Gasteiger partial charge in [0.25, 0.3) is 5.56 Å². The highest BCUT2D eigenvalue weighted by Crippen LogP contribution is 2.30. The van der Waals surface area contributed by atoms with Crippen LogP contribution in [-0.2, 0) is 17.5 Å². The van der Waals surface area contributed by atoms with Crippen LogP contribution in [0.5, 0.6) is 0 Å². The van der Waals surface area contributed by atoms with E-state index in [4.69, 9.17) is 4.74 Å². The van der Waals surface area contributed by atoms with E-state index in [-0.39, 0.29) is 5.56 Å². The lowest BCUT2D eigenvalue weighted by Crippen LogP contribution is -2.37. The second kappa shape index (κ2) is 8.53. The van der Waals surface area contributed by atoms with Gasteiger partial charge in [-0.1, -0.05) is 29.5 Å². The molecule has 1 aliphatic heterocycles. The van der Waals surface area contributed by atoms with Crippen molar-refractivity contribution in [2.45, 2.75) is 17.8 Å². The van der Waals surface area contributed by atoms with Crippen molar-refractivity contribution in [1.82, 2.24) is 33.9 Å². The van der Waals surface area contributed by atoms with Gasteiger partial charge in [-0.3, -0.25) is 18.3 Å². The fraction of sp³-hybridized carbons (Fsp3) is 0.318. The molecule has 4 aromatic heterocycles. The molecular formula is C22H22N8O2S2. The second-order valence-electron chi connectivity index (χ2n) is 8.09. The third-order valence-corrected chi connectivity index (χ3v) is 7.75. The van der Waals surface area contributed by atoms with Gasteiger partial charge in [0.15, 0.2) is 5.16 Å². The summed E-state index contributed by atoms with van der Waals surface area (Å²) in [5.41, 5.74) is 2.98. The topological polar surface area (TPSA) is 95.4 Å². The van der Waals surface area contributed by atoms with Crippen LogP contribution in [0.1, 0.15) is 11.4 Å². The van der Waals surface area contributed by atoms with Crippen molar-refractivity contribution < 1.29 is 4.74 Å². The lowest BCUT2D eigenvalue weighted by Gasteiger charge is -2.27. The van der Waals surface area contributed by atoms with Crippen LogP contribution in [0.4, 0.5) is 5.95 Å². The molecule has 6 rings (SSSR count). The molecule has 1 fully saturated rings. The molecule has 0 spiro atoms. The summed E-state index contributed by atoms with van der Waals surface area (Å²) < 4.78 is 11.8. The van der Waals surface area contributed by atoms with Crippen molar-refractivity contribution in [3.05, 3.63) is 57.5 Å². The zero-order chi connectivity index (χ0) is 23.2. The number of thiophene rings is 1. The van der Waals surface area contributed by atoms with Gasteiger partial charge in [0.1, 0.15) is 10.5 Å². The van der Waals surface area contributed by atoms with Gasteiger partial charge in [-0.25, -0.2) is 0 Å². The Balaban J connectivity index is 1.40. The minimum Gasteiger partial charge on any atom is -0.378 e. The van der Waals surface area contributed by atoms with E-state index in [1.54, 1.807) is 23.4 Å². The Hall–Kier alpha value is -3.22. The summed E-state index contributed by atoms with van der Waals surface area (Å²) in [6.45, 7) is 4.96. The largest absolute Gasteiger partial charge is 0.378 e. The lowest BCUT2D eigenvalue weighted by atomic mass is 10.2. The number of thioether (sulfide) groups is 1. The maximum Gasteiger partial charge on any atom is 0.272 e. The molecule has 0 radical (unpaired) electrons. The summed E-state index contributed by atoms with van der Waals surface area (Å²) in [4.78, 5) is 14.8. The molecule has 0 atom stereocenters. The number of anilines is 1. The zero-order valence-corrected chi connectivity index (χ0v) is 20.3. The maximum absolute atomic E-state index is 12.6. The molecule has 5 heterocycles. The Morgan fingerprint density at radius 2 is 1.85 bits per heavy atom. The average Bonchev–Trinajstić information content (AvgIpc) is 3.60. The highest BCUT2D eigenvalue weighted by molar-refractivity contribution is 7.98. The van der Waals surface area contributed by atoms with Gasteiger partial charge >= 0.3 is 0 Å². The van der Waals surface area contributed by atoms with Gasteiger partial charge in [-0.15, -0.1) is 31.7 Å². The molecule has 1 aromatic carbocycles. The van der Waals surface area contributed by atoms with Crippen LogP contribution in [-0.4, -0.2) is 60.2 Å². The quantitative estimate of drug-likeness (QED) is 0.344. The number of nitrogens with zero attached hydrogens (tertiary/aromatic N) is 8. The van der Waals surface area contributed by atoms with Crippen LogP contribution in [0.25, 0.3) is 21.7 Å². The number of hydrogen-bond acceptors (Lipinski definition) is 9. The third-order valence-electron chi connectivity index (χ3n) is 5.93. The van der Waals surface area contributed by atoms with E-state index in [9.17, 15) is 4.79 Å². The number of ether oxygens (including phenoxy) is 1. The summed E-state index contributed by atoms with van der Waals surface area (Å²) in [5, 5.41) is 20.5. The number of fused-ring (bicyclic) bond motifs is 3. The number of aryl methyl sites for hydroxylation is 2. The third kappa shape index (κ3) is 3.49. The summed E-state index contributed by atoms with van der Waals surface area (Å²) in [6, 6.07) is 10.3. The minimum absolute atomic E-state index is 0.0571. The van der Waals surface area contributed by atoms with E-state index in [1.165, 1.54) is 16.9 Å². The second-order valence-corrected chi connectivity index (χ2v) is 9.95. The number of hydrogen-bond donors (Lipinski definition) is 0. The van der Waals surface area contributed by atoms with Crippen molar-refractivity contribution in [3.8, 4) is 5.69 Å². The molecule has 174 valence electrons. The van der Waals surface area contributed by atoms with Crippen LogP contribution < -0.4 is 10.5 Å². The SMILES string of the molecule is Cc1ccc(-n2c(SCc3nnc4n(C)c(=O)c5sccc5n34)nnc2N2CCOCC2)cc1. The molecule has 10 nitrogen and oxygen atoms in total. The molecule has 0 saturated carbocycles. The van der Waals surface area contributed by atoms with E-state index >= 15 is 0 Å². The first kappa shape index (κ1) is 21.3. The first-order valence-corrected chi connectivity index (χ1v) is 12.8. The molecule has 0 aliphatic carbocycles. The maximum atomic E-state index is 12.6. The molecule has 12 heteroatoms. The van der Waals surface area contributed by atoms with Crippen LogP contribution in [0.3, 0.4) is 0 Å². The number of rotatable bonds is 5. The van der Waals surface area contributed by atoms with E-state index in [2.05, 4.69) is 61.1 Å². The summed E-state index contributed by atoms with van der Waals surface area (Å²) >= 11 is 2.98. The molecule has 1 saturated heterocycles. The van der Waals surface area contributed by atoms with E-state index < -0.39 is 0 Å². The fourth-order valence-electron chi connectivity index (χ4n) is 4.12. The van der Waals surface area contributed by atoms with Gasteiger partial charge < -0.3 is 9.64 Å². The van der Waals surface area contributed by atoms with Crippen molar-refractivity contribution in [2.75, 3.05) is 31.2 Å². The van der Waals surface area contributed by atoms with Crippen LogP contribution >= 0.6 is 23.1 Å². The minimum atomic E-state index is -0.0571. The van der Waals surface area contributed by atoms with E-state index in [0.29, 0.717) is 29.4 Å². The Morgan fingerprint density at radius 1 is 1.06 bits per heavy atom. The molecule has 0 bridgehead atoms. The summed E-state index contributed by atoms with van der Waals surface area (Å²) in [6.07, 6.45) is 0. The summed E-state index contributed by atoms with van der Waals surface area (Å²) in [7, 11) is 1.73. The van der Waals surface area contributed by atoms with Crippen molar-refractivity contribution in [1.29, 1.82) is 0 Å². The predicted molar refractivity (Wildman–Crippen MR) is 132 cm³/mol. The highest BCUT2D eigenvalue weighted by atomic mass is 32.2. The van der Waals surface area contributed by atoms with Gasteiger partial charge in [-0.05, 0) is 30.5 Å². The van der Waals surface area contributed by atoms with Crippen molar-refractivity contribution >= 4 is 45.0 Å². The fourth-order valence-corrected chi connectivity index (χ4v) is 5.83. The average molecular weight is 495 g/mol. The summed E-state index contributed by atoms with van der Waals surface area (Å²) in [5.74, 6) is 2.62. The first-order chi connectivity index (χ1) is 16.6. The molecule has 5 aromatic rings. The Morgan fingerprint density at radius 3 is 2.65 bits per heavy atom. The van der Waals surface area contributed by atoms with Gasteiger partial charge in [0, 0.05) is 20.1 Å². The van der Waals surface area contributed by atoms with Gasteiger partial charge in [0.05, 0.1) is 30.2 Å². The Labute approximate surface area is 202 Å². The van der Waals surface area contributed by atoms with E-state index in [0.717, 1.165) is 41.2 Å². The standard InChI is InChI=1S/C22H22N8O2S2/c1-14-3-5-15(6-4-14)29-21(28-8-10-32-11-9-28)25-26-22(29)34-13-17-23-24-20-27(2)19(31)18-16(30(17)20)7-12-33-18/h3-7,12H,8-11,13H2,1-2H3. The van der Waals surface area contributed by atoms with Crippen molar-refractivity contribution in [2.24, 2.45) is 7.05 Å².